The highest BCUT2D eigenvalue weighted by Gasteiger charge is 2.63. The summed E-state index contributed by atoms with van der Waals surface area (Å²) < 4.78 is 22.1. The Bertz CT molecular complexity index is 566. The molecule has 0 aromatic heterocycles. The van der Waals surface area contributed by atoms with Crippen LogP contribution in [0.25, 0.3) is 0 Å². The molecule has 1 saturated heterocycles. The standard InChI is InChI=1S/C22H42N2O3S/c1-18(2,3)22(23-28(26)20(7,8)9)12-10-11-21(22)13-15-24(16-14-21)17(25)27-19(4,5)6/h23H,10-16H2,1-9H3/t22-,28-/m1/s1. The lowest BCUT2D eigenvalue weighted by Crippen LogP contribution is -2.68. The number of carbonyl (C=O) groups is 1. The summed E-state index contributed by atoms with van der Waals surface area (Å²) in [7, 11) is 0. The maximum atomic E-state index is 13.1. The van der Waals surface area contributed by atoms with Crippen LogP contribution in [0.4, 0.5) is 4.79 Å². The summed E-state index contributed by atoms with van der Waals surface area (Å²) in [6, 6.07) is 0. The number of ether oxygens (including phenoxy) is 1. The topological polar surface area (TPSA) is 64.6 Å². The number of nitrogens with one attached hydrogen (secondary N) is 1. The van der Waals surface area contributed by atoms with Crippen molar-refractivity contribution in [1.82, 2.24) is 9.62 Å². The molecule has 164 valence electrons. The number of carbonyl (C=O) groups excluding carboxylic acids is 1. The smallest absolute Gasteiger partial charge is 0.410 e. The average molecular weight is 415 g/mol. The first-order valence-corrected chi connectivity index (χ1v) is 11.9. The number of hydrogen-bond donors (Lipinski definition) is 1. The third-order valence-electron chi connectivity index (χ3n) is 6.59. The fourth-order valence-electron chi connectivity index (χ4n) is 5.09. The lowest BCUT2D eigenvalue weighted by Gasteiger charge is -2.56. The molecule has 1 aliphatic carbocycles. The Hall–Kier alpha value is -0.460. The lowest BCUT2D eigenvalue weighted by atomic mass is 9.56. The quantitative estimate of drug-likeness (QED) is 0.644. The summed E-state index contributed by atoms with van der Waals surface area (Å²) in [6.07, 6.45) is 4.94. The van der Waals surface area contributed by atoms with Crippen LogP contribution in [0.5, 0.6) is 0 Å². The summed E-state index contributed by atoms with van der Waals surface area (Å²) in [5.41, 5.74) is -0.638. The van der Waals surface area contributed by atoms with Gasteiger partial charge in [0.1, 0.15) is 10.3 Å². The Morgan fingerprint density at radius 2 is 1.50 bits per heavy atom. The first-order chi connectivity index (χ1) is 12.5. The van der Waals surface area contributed by atoms with Crippen molar-refractivity contribution in [1.29, 1.82) is 0 Å². The molecule has 0 aromatic rings. The molecule has 2 fully saturated rings. The number of hydrogen-bond acceptors (Lipinski definition) is 4. The third-order valence-corrected chi connectivity index (χ3v) is 8.23. The van der Waals surface area contributed by atoms with E-state index in [-0.39, 0.29) is 27.2 Å². The maximum absolute atomic E-state index is 13.1. The second kappa shape index (κ2) is 7.66. The van der Waals surface area contributed by atoms with Crippen LogP contribution in [-0.4, -0.2) is 44.5 Å². The van der Waals surface area contributed by atoms with E-state index >= 15 is 0 Å². The zero-order chi connectivity index (χ0) is 21.6. The van der Waals surface area contributed by atoms with Crippen LogP contribution >= 0.6 is 0 Å². The second-order valence-corrected chi connectivity index (χ2v) is 13.7. The molecule has 0 bridgehead atoms. The number of piperidine rings is 1. The third kappa shape index (κ3) is 4.65. The molecule has 0 aromatic carbocycles. The highest BCUT2D eigenvalue weighted by Crippen LogP contribution is 2.60. The first kappa shape index (κ1) is 23.8. The number of likely N-dealkylation sites (tertiary alicyclic amines) is 1. The van der Waals surface area contributed by atoms with E-state index in [0.717, 1.165) is 32.1 Å². The summed E-state index contributed by atoms with van der Waals surface area (Å²) >= 11 is -1.13. The van der Waals surface area contributed by atoms with E-state index in [2.05, 4.69) is 25.5 Å². The van der Waals surface area contributed by atoms with E-state index in [1.807, 2.05) is 46.4 Å². The van der Waals surface area contributed by atoms with Gasteiger partial charge in [-0.05, 0) is 78.1 Å². The SMILES string of the molecule is CC(C)(C)OC(=O)N1CCC2(CCC[C@@]2(N[S@+]([O-])C(C)(C)C)C(C)(C)C)CC1. The van der Waals surface area contributed by atoms with Crippen molar-refractivity contribution in [2.45, 2.75) is 110 Å². The van der Waals surface area contributed by atoms with Crippen LogP contribution in [-0.2, 0) is 16.1 Å². The monoisotopic (exact) mass is 414 g/mol. The highest BCUT2D eigenvalue weighted by molar-refractivity contribution is 7.90. The zero-order valence-corrected chi connectivity index (χ0v) is 20.3. The average Bonchev–Trinajstić information content (AvgIpc) is 2.84. The predicted octanol–water partition coefficient (Wildman–Crippen LogP) is 5.02. The Morgan fingerprint density at radius 1 is 0.964 bits per heavy atom. The lowest BCUT2D eigenvalue weighted by molar-refractivity contribution is -0.0291. The normalized spacial score (nSPS) is 27.1. The molecule has 0 radical (unpaired) electrons. The number of rotatable bonds is 2. The van der Waals surface area contributed by atoms with E-state index in [0.29, 0.717) is 13.1 Å². The maximum Gasteiger partial charge on any atom is 0.410 e. The van der Waals surface area contributed by atoms with Crippen LogP contribution in [0.3, 0.4) is 0 Å². The highest BCUT2D eigenvalue weighted by atomic mass is 32.2. The van der Waals surface area contributed by atoms with Crippen molar-refractivity contribution in [3.63, 3.8) is 0 Å². The molecular weight excluding hydrogens is 372 g/mol. The van der Waals surface area contributed by atoms with Gasteiger partial charge in [-0.1, -0.05) is 27.2 Å². The van der Waals surface area contributed by atoms with Crippen LogP contribution in [0, 0.1) is 10.8 Å². The number of nitrogens with zero attached hydrogens (tertiary/aromatic N) is 1. The van der Waals surface area contributed by atoms with Gasteiger partial charge in [-0.25, -0.2) is 4.79 Å². The zero-order valence-electron chi connectivity index (χ0n) is 19.5. The Kier molecular flexibility index (Phi) is 6.52. The van der Waals surface area contributed by atoms with Crippen LogP contribution < -0.4 is 4.72 Å². The molecular formula is C22H42N2O3S. The van der Waals surface area contributed by atoms with Gasteiger partial charge in [0.05, 0.1) is 5.54 Å². The second-order valence-electron chi connectivity index (χ2n) is 11.7. The molecule has 1 heterocycles. The summed E-state index contributed by atoms with van der Waals surface area (Å²) in [5.74, 6) is 0. The summed E-state index contributed by atoms with van der Waals surface area (Å²) in [6.45, 7) is 20.0. The minimum atomic E-state index is -1.13. The van der Waals surface area contributed by atoms with Crippen molar-refractivity contribution in [2.75, 3.05) is 13.1 Å². The fraction of sp³-hybridized carbons (Fsp3) is 0.955. The van der Waals surface area contributed by atoms with Gasteiger partial charge in [0, 0.05) is 24.5 Å². The largest absolute Gasteiger partial charge is 0.598 e. The molecule has 1 saturated carbocycles. The van der Waals surface area contributed by atoms with Gasteiger partial charge in [0.15, 0.2) is 0 Å². The predicted molar refractivity (Wildman–Crippen MR) is 117 cm³/mol. The van der Waals surface area contributed by atoms with E-state index in [1.54, 1.807) is 0 Å². The minimum Gasteiger partial charge on any atom is -0.598 e. The molecule has 2 aliphatic rings. The summed E-state index contributed by atoms with van der Waals surface area (Å²) in [4.78, 5) is 14.4. The summed E-state index contributed by atoms with van der Waals surface area (Å²) in [5, 5.41) is 0. The molecule has 1 spiro atoms. The molecule has 1 N–H and O–H groups in total. The molecule has 6 heteroatoms. The van der Waals surface area contributed by atoms with Gasteiger partial charge in [0.2, 0.25) is 0 Å². The van der Waals surface area contributed by atoms with Crippen LogP contribution in [0.15, 0.2) is 0 Å². The minimum absolute atomic E-state index is 0.0293. The van der Waals surface area contributed by atoms with E-state index in [1.165, 1.54) is 0 Å². The Morgan fingerprint density at radius 3 is 1.93 bits per heavy atom. The van der Waals surface area contributed by atoms with E-state index in [4.69, 9.17) is 4.74 Å². The van der Waals surface area contributed by atoms with Crippen molar-refractivity contribution in [3.05, 3.63) is 0 Å². The van der Waals surface area contributed by atoms with Crippen molar-refractivity contribution >= 4 is 17.5 Å². The molecule has 28 heavy (non-hydrogen) atoms. The Labute approximate surface area is 175 Å². The van der Waals surface area contributed by atoms with Gasteiger partial charge in [-0.2, -0.15) is 0 Å². The van der Waals surface area contributed by atoms with Gasteiger partial charge in [0.25, 0.3) is 0 Å². The van der Waals surface area contributed by atoms with Crippen molar-refractivity contribution in [2.24, 2.45) is 10.8 Å². The molecule has 2 rings (SSSR count). The van der Waals surface area contributed by atoms with E-state index < -0.39 is 17.0 Å². The number of amides is 1. The van der Waals surface area contributed by atoms with Crippen LogP contribution in [0.2, 0.25) is 0 Å². The Balaban J connectivity index is 2.24. The van der Waals surface area contributed by atoms with Gasteiger partial charge < -0.3 is 14.2 Å². The first-order valence-electron chi connectivity index (χ1n) is 10.7. The fourth-order valence-corrected chi connectivity index (χ4v) is 6.33. The van der Waals surface area contributed by atoms with Gasteiger partial charge in [-0.15, -0.1) is 4.72 Å². The van der Waals surface area contributed by atoms with Crippen LogP contribution in [0.1, 0.15) is 94.4 Å². The molecule has 2 atom stereocenters. The van der Waals surface area contributed by atoms with Crippen molar-refractivity contribution in [3.8, 4) is 0 Å². The molecule has 1 aliphatic heterocycles. The molecule has 0 unspecified atom stereocenters. The molecule has 5 nitrogen and oxygen atoms in total. The molecule has 1 amide bonds. The van der Waals surface area contributed by atoms with E-state index in [9.17, 15) is 9.35 Å². The van der Waals surface area contributed by atoms with Crippen molar-refractivity contribution < 1.29 is 14.1 Å². The van der Waals surface area contributed by atoms with Gasteiger partial charge >= 0.3 is 6.09 Å². The van der Waals surface area contributed by atoms with Gasteiger partial charge in [-0.3, -0.25) is 0 Å².